The van der Waals surface area contributed by atoms with Crippen LogP contribution >= 0.6 is 0 Å². The fraction of sp³-hybridized carbons (Fsp3) is 0. The molecule has 0 unspecified atom stereocenters. The Hall–Kier alpha value is -3.43. The second-order valence-electron chi connectivity index (χ2n) is 5.73. The van der Waals surface area contributed by atoms with Crippen LogP contribution in [0.15, 0.2) is 80.0 Å². The lowest BCUT2D eigenvalue weighted by atomic mass is 10.3. The van der Waals surface area contributed by atoms with E-state index >= 15 is 0 Å². The van der Waals surface area contributed by atoms with Crippen molar-refractivity contribution >= 4 is 40.9 Å². The second-order valence-corrected chi connectivity index (χ2v) is 11.1. The summed E-state index contributed by atoms with van der Waals surface area (Å²) in [6.07, 6.45) is 0. The second kappa shape index (κ2) is 8.75. The maximum atomic E-state index is 12.2. The van der Waals surface area contributed by atoms with Gasteiger partial charge in [-0.05, 0) is 24.3 Å². The van der Waals surface area contributed by atoms with Gasteiger partial charge in [0.2, 0.25) is 19.7 Å². The number of hydrogen-bond donors (Lipinski definition) is 0. The maximum absolute atomic E-state index is 12.2. The van der Waals surface area contributed by atoms with Gasteiger partial charge in [-0.3, -0.25) is 20.2 Å². The van der Waals surface area contributed by atoms with Crippen LogP contribution in [0.1, 0.15) is 0 Å². The summed E-state index contributed by atoms with van der Waals surface area (Å²) in [6, 6.07) is 7.35. The third-order valence-corrected chi connectivity index (χ3v) is 7.82. The molecule has 0 spiro atoms. The molecule has 0 N–H and O–H groups in total. The number of benzene rings is 2. The fourth-order valence-electron chi connectivity index (χ4n) is 2.02. The molecule has 2 aromatic carbocycles. The van der Waals surface area contributed by atoms with Gasteiger partial charge in [-0.1, -0.05) is 0 Å². The molecule has 0 aliphatic carbocycles. The molecule has 0 amide bonds. The van der Waals surface area contributed by atoms with Crippen LogP contribution in [0, 0.1) is 20.2 Å². The van der Waals surface area contributed by atoms with Crippen LogP contribution in [0.25, 0.3) is 0 Å². The highest BCUT2D eigenvalue weighted by Crippen LogP contribution is 2.20. The highest BCUT2D eigenvalue weighted by atomic mass is 32.2. The van der Waals surface area contributed by atoms with Crippen LogP contribution in [-0.4, -0.2) is 35.1 Å². The molecule has 12 nitrogen and oxygen atoms in total. The first-order chi connectivity index (χ1) is 14.2. The Morgan fingerprint density at radius 1 is 0.548 bits per heavy atom. The zero-order valence-corrected chi connectivity index (χ0v) is 17.6. The minimum absolute atomic E-state index is 0.256. The number of sulfone groups is 3. The molecule has 0 radical (unpaired) electrons. The van der Waals surface area contributed by atoms with Crippen LogP contribution in [-0.2, 0) is 29.5 Å². The quantitative estimate of drug-likeness (QED) is 0.393. The number of nitro benzene ring substituents is 2. The van der Waals surface area contributed by atoms with Crippen LogP contribution in [0.2, 0.25) is 0 Å². The Kier molecular flexibility index (Phi) is 6.73. The van der Waals surface area contributed by atoms with Gasteiger partial charge in [0.1, 0.15) is 0 Å². The number of hydrogen-bond acceptors (Lipinski definition) is 10. The minimum atomic E-state index is -4.44. The van der Waals surface area contributed by atoms with Gasteiger partial charge in [0.05, 0.1) is 19.6 Å². The lowest BCUT2D eigenvalue weighted by Crippen LogP contribution is -2.00. The van der Waals surface area contributed by atoms with Crippen molar-refractivity contribution in [3.05, 3.63) is 90.4 Å². The van der Waals surface area contributed by atoms with E-state index in [2.05, 4.69) is 0 Å². The van der Waals surface area contributed by atoms with Crippen LogP contribution in [0.3, 0.4) is 0 Å². The predicted molar refractivity (Wildman–Crippen MR) is 108 cm³/mol. The Morgan fingerprint density at radius 2 is 0.839 bits per heavy atom. The van der Waals surface area contributed by atoms with Gasteiger partial charge in [0.25, 0.3) is 11.4 Å². The highest BCUT2D eigenvalue weighted by Gasteiger charge is 2.17. The van der Waals surface area contributed by atoms with Gasteiger partial charge in [0, 0.05) is 45.9 Å². The average Bonchev–Trinajstić information content (AvgIpc) is 2.71. The topological polar surface area (TPSA) is 189 Å². The summed E-state index contributed by atoms with van der Waals surface area (Å²) in [5.74, 6) is 0. The zero-order valence-electron chi connectivity index (χ0n) is 15.1. The first-order valence-electron chi connectivity index (χ1n) is 7.84. The zero-order chi connectivity index (χ0) is 23.4. The summed E-state index contributed by atoms with van der Waals surface area (Å²) in [7, 11) is -13.0. The molecule has 0 heterocycles. The molecule has 0 aromatic heterocycles. The number of rotatable bonds is 8. The van der Waals surface area contributed by atoms with Gasteiger partial charge in [-0.2, -0.15) is 0 Å². The molecule has 0 bridgehead atoms. The maximum Gasteiger partial charge on any atom is 0.269 e. The molecular weight excluding hydrogens is 476 g/mol. The number of non-ortho nitro benzene ring substituents is 2. The molecule has 0 aliphatic rings. The Balaban J connectivity index is 2.24. The molecular formula is C16H12N2O10S3. The van der Waals surface area contributed by atoms with Crippen LogP contribution in [0.5, 0.6) is 0 Å². The third-order valence-electron chi connectivity index (χ3n) is 3.60. The summed E-state index contributed by atoms with van der Waals surface area (Å²) in [4.78, 5) is 18.9. The molecule has 0 aliphatic heterocycles. The van der Waals surface area contributed by atoms with Crippen molar-refractivity contribution in [3.8, 4) is 0 Å². The van der Waals surface area contributed by atoms with Gasteiger partial charge >= 0.3 is 0 Å². The third kappa shape index (κ3) is 6.27. The first-order valence-corrected chi connectivity index (χ1v) is 12.5. The molecule has 0 fully saturated rings. The average molecular weight is 488 g/mol. The SMILES string of the molecule is O=[N+]([O-])c1ccc(S(=O)(=O)/C=C/S(=O)(=O)/C=C/S(=O)(=O)c2ccc([N+](=O)[O-])cc2)cc1. The molecule has 0 saturated heterocycles. The summed E-state index contributed by atoms with van der Waals surface area (Å²) >= 11 is 0. The van der Waals surface area contributed by atoms with Crippen LogP contribution < -0.4 is 0 Å². The van der Waals surface area contributed by atoms with E-state index in [0.29, 0.717) is 10.8 Å². The lowest BCUT2D eigenvalue weighted by Gasteiger charge is -1.99. The minimum Gasteiger partial charge on any atom is -0.258 e. The van der Waals surface area contributed by atoms with Crippen molar-refractivity contribution in [2.75, 3.05) is 0 Å². The van der Waals surface area contributed by atoms with E-state index in [1.54, 1.807) is 0 Å². The van der Waals surface area contributed by atoms with Crippen LogP contribution in [0.4, 0.5) is 11.4 Å². The van der Waals surface area contributed by atoms with E-state index in [1.807, 2.05) is 0 Å². The lowest BCUT2D eigenvalue weighted by molar-refractivity contribution is -0.385. The van der Waals surface area contributed by atoms with Crippen molar-refractivity contribution in [1.82, 2.24) is 0 Å². The molecule has 0 atom stereocenters. The van der Waals surface area contributed by atoms with Crippen molar-refractivity contribution in [2.24, 2.45) is 0 Å². The molecule has 2 aromatic rings. The Labute approximate surface area is 176 Å². The van der Waals surface area contributed by atoms with Crippen molar-refractivity contribution in [2.45, 2.75) is 9.79 Å². The first kappa shape index (κ1) is 23.8. The monoisotopic (exact) mass is 488 g/mol. The Bertz CT molecular complexity index is 1290. The van der Waals surface area contributed by atoms with Gasteiger partial charge in [-0.15, -0.1) is 0 Å². The number of nitrogens with zero attached hydrogens (tertiary/aromatic N) is 2. The molecule has 15 heteroatoms. The number of nitro groups is 2. The Morgan fingerprint density at radius 3 is 1.10 bits per heavy atom. The van der Waals surface area contributed by atoms with Crippen molar-refractivity contribution in [3.63, 3.8) is 0 Å². The van der Waals surface area contributed by atoms with E-state index in [0.717, 1.165) is 48.5 Å². The van der Waals surface area contributed by atoms with Gasteiger partial charge in [0.15, 0.2) is 9.84 Å². The molecule has 0 saturated carbocycles. The molecule has 2 rings (SSSR count). The van der Waals surface area contributed by atoms with Crippen molar-refractivity contribution < 1.29 is 35.1 Å². The normalized spacial score (nSPS) is 12.9. The van der Waals surface area contributed by atoms with E-state index < -0.39 is 49.1 Å². The van der Waals surface area contributed by atoms with Gasteiger partial charge < -0.3 is 0 Å². The smallest absolute Gasteiger partial charge is 0.258 e. The van der Waals surface area contributed by atoms with E-state index in [9.17, 15) is 45.5 Å². The summed E-state index contributed by atoms with van der Waals surface area (Å²) < 4.78 is 72.6. The van der Waals surface area contributed by atoms with Crippen molar-refractivity contribution in [1.29, 1.82) is 0 Å². The largest absolute Gasteiger partial charge is 0.269 e. The molecule has 164 valence electrons. The molecule has 31 heavy (non-hydrogen) atoms. The fourth-order valence-corrected chi connectivity index (χ4v) is 5.86. The van der Waals surface area contributed by atoms with E-state index in [1.165, 1.54) is 0 Å². The van der Waals surface area contributed by atoms with E-state index in [4.69, 9.17) is 0 Å². The highest BCUT2D eigenvalue weighted by molar-refractivity contribution is 8.00. The van der Waals surface area contributed by atoms with Gasteiger partial charge in [-0.25, -0.2) is 25.3 Å². The summed E-state index contributed by atoms with van der Waals surface area (Å²) in [6.45, 7) is 0. The summed E-state index contributed by atoms with van der Waals surface area (Å²) in [5.41, 5.74) is -0.732. The standard InChI is InChI=1S/C16H12N2O10S3/c19-17(20)13-1-5-15(6-2-13)30(25,26)11-9-29(23,24)10-12-31(27,28)16-7-3-14(4-8-16)18(21)22/h1-12H/b11-9+,12-10+. The summed E-state index contributed by atoms with van der Waals surface area (Å²) in [5, 5.41) is 22.3. The van der Waals surface area contributed by atoms with E-state index in [-0.39, 0.29) is 22.2 Å². The predicted octanol–water partition coefficient (Wildman–Crippen LogP) is 2.11.